The first kappa shape index (κ1) is 22.1. The number of hydrogen-bond acceptors (Lipinski definition) is 8. The third-order valence-electron chi connectivity index (χ3n) is 4.01. The van der Waals surface area contributed by atoms with Crippen molar-refractivity contribution in [2.24, 2.45) is 0 Å². The SMILES string of the molecule is CCOC(=O)c1c(NC(=O)CCCNc2nc(C)cc(C)n2)oc(C)c1C(C)=O. The Morgan fingerprint density at radius 3 is 2.34 bits per heavy atom. The number of furan rings is 1. The van der Waals surface area contributed by atoms with Crippen LogP contribution in [0.2, 0.25) is 0 Å². The van der Waals surface area contributed by atoms with E-state index in [0.717, 1.165) is 11.4 Å². The van der Waals surface area contributed by atoms with E-state index in [-0.39, 0.29) is 47.5 Å². The molecule has 0 aromatic carbocycles. The molecule has 0 aliphatic rings. The maximum Gasteiger partial charge on any atom is 0.344 e. The van der Waals surface area contributed by atoms with E-state index in [1.165, 1.54) is 6.92 Å². The van der Waals surface area contributed by atoms with Gasteiger partial charge >= 0.3 is 5.97 Å². The van der Waals surface area contributed by atoms with E-state index in [0.29, 0.717) is 18.9 Å². The van der Waals surface area contributed by atoms with Crippen molar-refractivity contribution in [2.75, 3.05) is 23.8 Å². The molecule has 2 rings (SSSR count). The second-order valence-corrected chi connectivity index (χ2v) is 6.57. The summed E-state index contributed by atoms with van der Waals surface area (Å²) in [7, 11) is 0. The average Bonchev–Trinajstić information content (AvgIpc) is 2.94. The highest BCUT2D eigenvalue weighted by molar-refractivity contribution is 6.10. The largest absolute Gasteiger partial charge is 0.462 e. The van der Waals surface area contributed by atoms with E-state index in [1.807, 2.05) is 19.9 Å². The summed E-state index contributed by atoms with van der Waals surface area (Å²) in [6.07, 6.45) is 0.686. The first-order valence-corrected chi connectivity index (χ1v) is 9.40. The van der Waals surface area contributed by atoms with Crippen molar-refractivity contribution in [2.45, 2.75) is 47.5 Å². The number of rotatable bonds is 9. The number of aromatic nitrogens is 2. The number of aryl methyl sites for hydroxylation is 3. The minimum atomic E-state index is -0.710. The summed E-state index contributed by atoms with van der Waals surface area (Å²) in [6.45, 7) is 8.94. The van der Waals surface area contributed by atoms with Crippen molar-refractivity contribution in [3.05, 3.63) is 34.3 Å². The molecule has 2 N–H and O–H groups in total. The number of carbonyl (C=O) groups excluding carboxylic acids is 3. The molecule has 0 bridgehead atoms. The predicted molar refractivity (Wildman–Crippen MR) is 107 cm³/mol. The van der Waals surface area contributed by atoms with Crippen molar-refractivity contribution in [3.8, 4) is 0 Å². The number of carbonyl (C=O) groups is 3. The van der Waals surface area contributed by atoms with Crippen molar-refractivity contribution < 1.29 is 23.5 Å². The van der Waals surface area contributed by atoms with Crippen LogP contribution in [0.5, 0.6) is 0 Å². The van der Waals surface area contributed by atoms with E-state index in [2.05, 4.69) is 20.6 Å². The normalized spacial score (nSPS) is 10.5. The number of ketones is 1. The van der Waals surface area contributed by atoms with E-state index >= 15 is 0 Å². The van der Waals surface area contributed by atoms with Gasteiger partial charge in [0.15, 0.2) is 5.78 Å². The van der Waals surface area contributed by atoms with Gasteiger partial charge < -0.3 is 14.5 Å². The van der Waals surface area contributed by atoms with Crippen LogP contribution in [0.15, 0.2) is 10.5 Å². The summed E-state index contributed by atoms with van der Waals surface area (Å²) in [4.78, 5) is 45.0. The van der Waals surface area contributed by atoms with E-state index < -0.39 is 5.97 Å². The highest BCUT2D eigenvalue weighted by Crippen LogP contribution is 2.28. The Kier molecular flexibility index (Phi) is 7.46. The third-order valence-corrected chi connectivity index (χ3v) is 4.01. The van der Waals surface area contributed by atoms with Gasteiger partial charge in [0, 0.05) is 24.4 Å². The average molecular weight is 402 g/mol. The van der Waals surface area contributed by atoms with Crippen LogP contribution in [0.4, 0.5) is 11.8 Å². The second-order valence-electron chi connectivity index (χ2n) is 6.57. The molecule has 9 nitrogen and oxygen atoms in total. The molecule has 0 saturated heterocycles. The molecular weight excluding hydrogens is 376 g/mol. The van der Waals surface area contributed by atoms with Crippen LogP contribution in [0, 0.1) is 20.8 Å². The molecule has 1 amide bonds. The molecule has 2 aromatic heterocycles. The van der Waals surface area contributed by atoms with Gasteiger partial charge in [-0.3, -0.25) is 14.9 Å². The number of anilines is 2. The van der Waals surface area contributed by atoms with Crippen molar-refractivity contribution in [3.63, 3.8) is 0 Å². The molecule has 0 radical (unpaired) electrons. The molecule has 2 aromatic rings. The zero-order chi connectivity index (χ0) is 21.6. The summed E-state index contributed by atoms with van der Waals surface area (Å²) in [5.74, 6) is -0.694. The first-order chi connectivity index (χ1) is 13.7. The number of hydrogen-bond donors (Lipinski definition) is 2. The fraction of sp³-hybridized carbons (Fsp3) is 0.450. The van der Waals surface area contributed by atoms with Gasteiger partial charge in [0.05, 0.1) is 12.2 Å². The molecule has 29 heavy (non-hydrogen) atoms. The number of nitrogens with zero attached hydrogens (tertiary/aromatic N) is 2. The van der Waals surface area contributed by atoms with Gasteiger partial charge in [-0.05, 0) is 47.1 Å². The third kappa shape index (κ3) is 5.87. The minimum absolute atomic E-state index is 0.0491. The smallest absolute Gasteiger partial charge is 0.344 e. The van der Waals surface area contributed by atoms with Gasteiger partial charge in [0.25, 0.3) is 0 Å². The molecule has 2 heterocycles. The maximum atomic E-state index is 12.3. The Labute approximate surface area is 169 Å². The Hall–Kier alpha value is -3.23. The highest BCUT2D eigenvalue weighted by Gasteiger charge is 2.28. The molecule has 0 fully saturated rings. The molecular formula is C20H26N4O5. The zero-order valence-electron chi connectivity index (χ0n) is 17.3. The van der Waals surface area contributed by atoms with Gasteiger partial charge in [0.2, 0.25) is 17.7 Å². The van der Waals surface area contributed by atoms with Gasteiger partial charge in [-0.1, -0.05) is 0 Å². The molecule has 0 aliphatic heterocycles. The fourth-order valence-electron chi connectivity index (χ4n) is 2.90. The van der Waals surface area contributed by atoms with Crippen LogP contribution in [0.1, 0.15) is 64.6 Å². The summed E-state index contributed by atoms with van der Waals surface area (Å²) in [6, 6.07) is 1.88. The lowest BCUT2D eigenvalue weighted by Crippen LogP contribution is -2.17. The summed E-state index contributed by atoms with van der Waals surface area (Å²) in [5.41, 5.74) is 1.79. The lowest BCUT2D eigenvalue weighted by Gasteiger charge is -2.07. The standard InChI is InChI=1S/C20H26N4O5/c1-6-28-19(27)17-16(13(4)25)14(5)29-18(17)24-15(26)8-7-9-21-20-22-11(2)10-12(3)23-20/h10H,6-9H2,1-5H3,(H,24,26)(H,21,22,23). The first-order valence-electron chi connectivity index (χ1n) is 9.40. The Morgan fingerprint density at radius 1 is 1.10 bits per heavy atom. The number of nitrogens with one attached hydrogen (secondary N) is 2. The Morgan fingerprint density at radius 2 is 1.76 bits per heavy atom. The molecule has 0 unspecified atom stereocenters. The summed E-state index contributed by atoms with van der Waals surface area (Å²) in [5, 5.41) is 5.64. The number of amides is 1. The van der Waals surface area contributed by atoms with Crippen LogP contribution in [0.3, 0.4) is 0 Å². The summed E-state index contributed by atoms with van der Waals surface area (Å²) >= 11 is 0. The Bertz CT molecular complexity index is 900. The minimum Gasteiger partial charge on any atom is -0.462 e. The van der Waals surface area contributed by atoms with Crippen LogP contribution >= 0.6 is 0 Å². The van der Waals surface area contributed by atoms with Gasteiger partial charge in [0.1, 0.15) is 11.3 Å². The van der Waals surface area contributed by atoms with Crippen LogP contribution in [-0.4, -0.2) is 40.8 Å². The molecule has 0 saturated carbocycles. The van der Waals surface area contributed by atoms with Crippen molar-refractivity contribution >= 4 is 29.5 Å². The van der Waals surface area contributed by atoms with E-state index in [1.54, 1.807) is 13.8 Å². The lowest BCUT2D eigenvalue weighted by molar-refractivity contribution is -0.116. The molecule has 156 valence electrons. The van der Waals surface area contributed by atoms with Gasteiger partial charge in [-0.15, -0.1) is 0 Å². The highest BCUT2D eigenvalue weighted by atomic mass is 16.5. The number of esters is 1. The van der Waals surface area contributed by atoms with Gasteiger partial charge in [-0.25, -0.2) is 14.8 Å². The molecule has 0 atom stereocenters. The second kappa shape index (κ2) is 9.81. The van der Waals surface area contributed by atoms with Crippen molar-refractivity contribution in [1.29, 1.82) is 0 Å². The van der Waals surface area contributed by atoms with Crippen LogP contribution < -0.4 is 10.6 Å². The van der Waals surface area contributed by atoms with E-state index in [9.17, 15) is 14.4 Å². The topological polar surface area (TPSA) is 123 Å². The number of ether oxygens (including phenoxy) is 1. The van der Waals surface area contributed by atoms with Crippen LogP contribution in [-0.2, 0) is 9.53 Å². The predicted octanol–water partition coefficient (Wildman–Crippen LogP) is 3.20. The monoisotopic (exact) mass is 402 g/mol. The van der Waals surface area contributed by atoms with E-state index in [4.69, 9.17) is 9.15 Å². The molecule has 0 aliphatic carbocycles. The maximum absolute atomic E-state index is 12.3. The van der Waals surface area contributed by atoms with Crippen LogP contribution in [0.25, 0.3) is 0 Å². The fourth-order valence-corrected chi connectivity index (χ4v) is 2.90. The van der Waals surface area contributed by atoms with Crippen molar-refractivity contribution in [1.82, 2.24) is 9.97 Å². The number of Topliss-reactive ketones (excluding diaryl/α,β-unsaturated/α-hetero) is 1. The quantitative estimate of drug-likeness (QED) is 0.372. The molecule has 0 spiro atoms. The zero-order valence-corrected chi connectivity index (χ0v) is 17.3. The molecule has 9 heteroatoms. The summed E-state index contributed by atoms with van der Waals surface area (Å²) < 4.78 is 10.5. The van der Waals surface area contributed by atoms with Gasteiger partial charge in [-0.2, -0.15) is 0 Å². The lowest BCUT2D eigenvalue weighted by atomic mass is 10.1. The Balaban J connectivity index is 1.98.